The Balaban J connectivity index is 1.04. The highest BCUT2D eigenvalue weighted by molar-refractivity contribution is 6.12. The van der Waals surface area contributed by atoms with E-state index in [1.165, 1.54) is 32.6 Å². The van der Waals surface area contributed by atoms with Gasteiger partial charge in [0.15, 0.2) is 5.58 Å². The second kappa shape index (κ2) is 10.7. The summed E-state index contributed by atoms with van der Waals surface area (Å²) in [6.45, 7) is 0. The van der Waals surface area contributed by atoms with Crippen LogP contribution in [0, 0.1) is 0 Å². The van der Waals surface area contributed by atoms with Crippen LogP contribution in [0.15, 0.2) is 168 Å². The van der Waals surface area contributed by atoms with Gasteiger partial charge < -0.3 is 13.6 Å². The molecule has 0 saturated carbocycles. The van der Waals surface area contributed by atoms with Gasteiger partial charge in [-0.3, -0.25) is 4.98 Å². The third-order valence-corrected chi connectivity index (χ3v) is 10.0. The Morgan fingerprint density at radius 3 is 1.55 bits per heavy atom. The number of pyridine rings is 1. The van der Waals surface area contributed by atoms with E-state index in [-0.39, 0.29) is 0 Å². The van der Waals surface area contributed by atoms with Gasteiger partial charge in [0.05, 0.1) is 51.2 Å². The molecule has 11 aromatic rings. The normalized spacial score (nSPS) is 11.9. The van der Waals surface area contributed by atoms with Gasteiger partial charge in [-0.1, -0.05) is 84.9 Å². The van der Waals surface area contributed by atoms with Gasteiger partial charge in [-0.05, 0) is 66.7 Å². The van der Waals surface area contributed by atoms with Gasteiger partial charge in [-0.15, -0.1) is 0 Å². The Labute approximate surface area is 291 Å². The lowest BCUT2D eigenvalue weighted by Gasteiger charge is -2.08. The fraction of sp³-hybridized carbons (Fsp3) is 0. The number of hydrogen-bond acceptors (Lipinski definition) is 4. The molecule has 6 nitrogen and oxygen atoms in total. The minimum atomic E-state index is 0.496. The van der Waals surface area contributed by atoms with Gasteiger partial charge in [-0.2, -0.15) is 0 Å². The van der Waals surface area contributed by atoms with Crippen LogP contribution in [0.25, 0.3) is 99.7 Å². The third-order valence-electron chi connectivity index (χ3n) is 10.0. The Kier molecular flexibility index (Phi) is 5.86. The number of rotatable bonds is 4. The monoisotopic (exact) mass is 653 g/mol. The van der Waals surface area contributed by atoms with Crippen molar-refractivity contribution in [1.29, 1.82) is 0 Å². The maximum Gasteiger partial charge on any atom is 0.246 e. The van der Waals surface area contributed by atoms with Crippen LogP contribution in [0.4, 0.5) is 0 Å². The van der Waals surface area contributed by atoms with E-state index in [1.54, 1.807) is 12.4 Å². The van der Waals surface area contributed by atoms with Crippen molar-refractivity contribution in [2.75, 3.05) is 0 Å². The molecular weight excluding hydrogens is 627 g/mol. The average molecular weight is 654 g/mol. The standard InChI is InChI=1S/C45H27N5O/c1-3-11-30(12-4-1)49-39-17-9-7-15-32(39)34-23-28(19-21-41(34)49)37-25-36-43(27-46-37)51-45-44(36)48-38(26-47-45)29-20-22-42-35(24-29)33-16-8-10-18-40(33)50(42)31-13-5-2-6-14-31/h1-27H. The molecule has 5 aromatic heterocycles. The average Bonchev–Trinajstić information content (AvgIpc) is 3.85. The van der Waals surface area contributed by atoms with Crippen LogP contribution in [0.3, 0.4) is 0 Å². The number of para-hydroxylation sites is 4. The highest BCUT2D eigenvalue weighted by Gasteiger charge is 2.18. The lowest BCUT2D eigenvalue weighted by atomic mass is 10.1. The van der Waals surface area contributed by atoms with Crippen molar-refractivity contribution in [3.05, 3.63) is 164 Å². The number of fused-ring (bicyclic) bond motifs is 9. The first-order chi connectivity index (χ1) is 25.3. The van der Waals surface area contributed by atoms with Crippen LogP contribution in [0.5, 0.6) is 0 Å². The minimum absolute atomic E-state index is 0.496. The summed E-state index contributed by atoms with van der Waals surface area (Å²) in [5, 5.41) is 5.63. The highest BCUT2D eigenvalue weighted by atomic mass is 16.3. The number of nitrogens with zero attached hydrogens (tertiary/aromatic N) is 5. The number of aromatic nitrogens is 5. The molecule has 0 atom stereocenters. The fourth-order valence-electron chi connectivity index (χ4n) is 7.71. The minimum Gasteiger partial charge on any atom is -0.435 e. The molecule has 0 unspecified atom stereocenters. The first-order valence-corrected chi connectivity index (χ1v) is 17.0. The predicted molar refractivity (Wildman–Crippen MR) is 207 cm³/mol. The van der Waals surface area contributed by atoms with E-state index in [2.05, 4.69) is 155 Å². The molecule has 5 heterocycles. The molecule has 0 N–H and O–H groups in total. The van der Waals surface area contributed by atoms with E-state index in [0.717, 1.165) is 55.8 Å². The second-order valence-corrected chi connectivity index (χ2v) is 12.9. The van der Waals surface area contributed by atoms with Crippen molar-refractivity contribution >= 4 is 65.8 Å². The molecule has 238 valence electrons. The van der Waals surface area contributed by atoms with E-state index in [4.69, 9.17) is 19.4 Å². The molecule has 0 fully saturated rings. The lowest BCUT2D eigenvalue weighted by molar-refractivity contribution is 0.651. The molecule has 51 heavy (non-hydrogen) atoms. The zero-order valence-corrected chi connectivity index (χ0v) is 27.2. The Morgan fingerprint density at radius 1 is 0.412 bits per heavy atom. The van der Waals surface area contributed by atoms with Crippen LogP contribution >= 0.6 is 0 Å². The summed E-state index contributed by atoms with van der Waals surface area (Å²) in [6.07, 6.45) is 3.59. The molecule has 0 aliphatic rings. The van der Waals surface area contributed by atoms with E-state index < -0.39 is 0 Å². The quantitative estimate of drug-likeness (QED) is 0.190. The summed E-state index contributed by atoms with van der Waals surface area (Å²) in [4.78, 5) is 14.7. The summed E-state index contributed by atoms with van der Waals surface area (Å²) in [5.74, 6) is 0. The Bertz CT molecular complexity index is 2920. The molecule has 0 saturated heterocycles. The van der Waals surface area contributed by atoms with Gasteiger partial charge in [-0.25, -0.2) is 9.97 Å². The summed E-state index contributed by atoms with van der Waals surface area (Å²) >= 11 is 0. The largest absolute Gasteiger partial charge is 0.435 e. The van der Waals surface area contributed by atoms with Crippen molar-refractivity contribution < 1.29 is 4.42 Å². The molecule has 0 bridgehead atoms. The zero-order valence-electron chi connectivity index (χ0n) is 27.2. The van der Waals surface area contributed by atoms with Gasteiger partial charge in [0.1, 0.15) is 5.52 Å². The molecule has 0 radical (unpaired) electrons. The molecule has 6 heteroatoms. The Hall–Kier alpha value is -7.05. The number of furan rings is 1. The first kappa shape index (κ1) is 27.9. The maximum atomic E-state index is 6.15. The van der Waals surface area contributed by atoms with Gasteiger partial charge in [0.2, 0.25) is 5.71 Å². The van der Waals surface area contributed by atoms with Crippen LogP contribution < -0.4 is 0 Å². The molecule has 0 spiro atoms. The SMILES string of the molecule is c1ccc(-n2c3ccccc3c3cc(-c4cc5c(cn4)oc4ncc(-c6ccc7c(c6)c6ccccc6n7-c6ccccc6)nc45)ccc32)cc1. The van der Waals surface area contributed by atoms with Crippen LogP contribution in [0.1, 0.15) is 0 Å². The topological polar surface area (TPSA) is 61.7 Å². The number of benzene rings is 6. The third kappa shape index (κ3) is 4.20. The molecule has 6 aromatic carbocycles. The molecule has 0 aliphatic heterocycles. The van der Waals surface area contributed by atoms with Gasteiger partial charge in [0.25, 0.3) is 0 Å². The highest BCUT2D eigenvalue weighted by Crippen LogP contribution is 2.38. The maximum absolute atomic E-state index is 6.15. The first-order valence-electron chi connectivity index (χ1n) is 17.0. The summed E-state index contributed by atoms with van der Waals surface area (Å²) in [7, 11) is 0. The van der Waals surface area contributed by atoms with E-state index in [9.17, 15) is 0 Å². The van der Waals surface area contributed by atoms with Crippen LogP contribution in [-0.2, 0) is 0 Å². The fourth-order valence-corrected chi connectivity index (χ4v) is 7.71. The summed E-state index contributed by atoms with van der Waals surface area (Å²) in [5.41, 5.74) is 12.5. The molecular formula is C45H27N5O. The van der Waals surface area contributed by atoms with E-state index in [0.29, 0.717) is 11.3 Å². The smallest absolute Gasteiger partial charge is 0.246 e. The van der Waals surface area contributed by atoms with Crippen molar-refractivity contribution in [3.63, 3.8) is 0 Å². The summed E-state index contributed by atoms with van der Waals surface area (Å²) < 4.78 is 10.8. The number of hydrogen-bond donors (Lipinski definition) is 0. The molecule has 0 amide bonds. The van der Waals surface area contributed by atoms with Crippen molar-refractivity contribution in [1.82, 2.24) is 24.1 Å². The van der Waals surface area contributed by atoms with Crippen molar-refractivity contribution in [3.8, 4) is 33.9 Å². The van der Waals surface area contributed by atoms with E-state index in [1.807, 2.05) is 6.07 Å². The van der Waals surface area contributed by atoms with E-state index >= 15 is 0 Å². The van der Waals surface area contributed by atoms with Gasteiger partial charge in [0, 0.05) is 44.0 Å². The van der Waals surface area contributed by atoms with Crippen LogP contribution in [0.2, 0.25) is 0 Å². The predicted octanol–water partition coefficient (Wildman–Crippen LogP) is 11.3. The summed E-state index contributed by atoms with van der Waals surface area (Å²) in [6, 6.07) is 53.3. The van der Waals surface area contributed by atoms with Crippen molar-refractivity contribution in [2.45, 2.75) is 0 Å². The van der Waals surface area contributed by atoms with Gasteiger partial charge >= 0.3 is 0 Å². The molecule has 0 aliphatic carbocycles. The molecule has 11 rings (SSSR count). The zero-order chi connectivity index (χ0) is 33.5. The lowest BCUT2D eigenvalue weighted by Crippen LogP contribution is -1.93. The second-order valence-electron chi connectivity index (χ2n) is 12.9. The van der Waals surface area contributed by atoms with Crippen molar-refractivity contribution in [2.24, 2.45) is 0 Å². The van der Waals surface area contributed by atoms with Crippen LogP contribution in [-0.4, -0.2) is 24.1 Å². The Morgan fingerprint density at radius 2 is 0.941 bits per heavy atom.